The summed E-state index contributed by atoms with van der Waals surface area (Å²) in [6.07, 6.45) is 0. The average Bonchev–Trinajstić information content (AvgIpc) is 3.04. The molecule has 2 aromatic carbocycles. The number of rotatable bonds is 6. The maximum atomic E-state index is 6.08. The van der Waals surface area contributed by atoms with Gasteiger partial charge in [0.2, 0.25) is 0 Å². The lowest BCUT2D eigenvalue weighted by molar-refractivity contribution is 0.355. The second-order valence-corrected chi connectivity index (χ2v) is 6.36. The lowest BCUT2D eigenvalue weighted by Gasteiger charge is -2.12. The molecule has 0 atom stereocenters. The molecule has 0 saturated heterocycles. The van der Waals surface area contributed by atoms with Crippen LogP contribution in [-0.2, 0) is 6.54 Å². The summed E-state index contributed by atoms with van der Waals surface area (Å²) in [6, 6.07) is 15.6. The summed E-state index contributed by atoms with van der Waals surface area (Å²) < 4.78 is 12.5. The van der Waals surface area contributed by atoms with Crippen LogP contribution < -0.4 is 20.5 Å². The Hall–Kier alpha value is -3.48. The zero-order valence-corrected chi connectivity index (χ0v) is 16.6. The number of nitrogens with zero attached hydrogens (tertiary/aromatic N) is 3. The summed E-state index contributed by atoms with van der Waals surface area (Å²) in [6.45, 7) is 4.45. The van der Waals surface area contributed by atoms with Crippen molar-refractivity contribution in [3.05, 3.63) is 65.5 Å². The fraction of sp³-hybridized carbons (Fsp3) is 0.238. The smallest absolute Gasteiger partial charge is 0.193 e. The fourth-order valence-corrected chi connectivity index (χ4v) is 3.00. The average molecular weight is 379 g/mol. The molecule has 0 amide bonds. The highest BCUT2D eigenvalue weighted by atomic mass is 16.5. The number of methoxy groups -OCH3 is 2. The lowest BCUT2D eigenvalue weighted by atomic mass is 10.2. The van der Waals surface area contributed by atoms with Crippen molar-refractivity contribution >= 4 is 11.6 Å². The van der Waals surface area contributed by atoms with Crippen molar-refractivity contribution in [2.24, 2.45) is 10.7 Å². The minimum absolute atomic E-state index is 0.315. The molecule has 7 nitrogen and oxygen atoms in total. The number of nitrogens with two attached hydrogens (primary N) is 1. The first-order valence-electron chi connectivity index (χ1n) is 8.92. The summed E-state index contributed by atoms with van der Waals surface area (Å²) >= 11 is 0. The first kappa shape index (κ1) is 19.3. The summed E-state index contributed by atoms with van der Waals surface area (Å²) in [5.41, 5.74) is 10.9. The number of hydrogen-bond acceptors (Lipinski definition) is 4. The molecule has 0 aliphatic heterocycles. The van der Waals surface area contributed by atoms with E-state index < -0.39 is 0 Å². The van der Waals surface area contributed by atoms with Gasteiger partial charge in [0.25, 0.3) is 0 Å². The predicted molar refractivity (Wildman–Crippen MR) is 112 cm³/mol. The zero-order chi connectivity index (χ0) is 20.1. The van der Waals surface area contributed by atoms with E-state index in [1.807, 2.05) is 67.1 Å². The highest BCUT2D eigenvalue weighted by Crippen LogP contribution is 2.29. The largest absolute Gasteiger partial charge is 0.493 e. The van der Waals surface area contributed by atoms with Gasteiger partial charge in [0.15, 0.2) is 17.5 Å². The Bertz CT molecular complexity index is 994. The minimum atomic E-state index is 0.315. The van der Waals surface area contributed by atoms with E-state index in [1.165, 1.54) is 0 Å². The van der Waals surface area contributed by atoms with E-state index in [2.05, 4.69) is 15.4 Å². The van der Waals surface area contributed by atoms with Crippen molar-refractivity contribution in [2.45, 2.75) is 20.4 Å². The van der Waals surface area contributed by atoms with E-state index >= 15 is 0 Å². The van der Waals surface area contributed by atoms with Gasteiger partial charge in [-0.1, -0.05) is 18.2 Å². The number of anilines is 1. The Balaban J connectivity index is 1.78. The molecule has 0 aliphatic rings. The van der Waals surface area contributed by atoms with Crippen molar-refractivity contribution in [3.63, 3.8) is 0 Å². The van der Waals surface area contributed by atoms with E-state index in [1.54, 1.807) is 14.2 Å². The monoisotopic (exact) mass is 379 g/mol. The minimum Gasteiger partial charge on any atom is -0.493 e. The maximum absolute atomic E-state index is 6.08. The Kier molecular flexibility index (Phi) is 5.84. The Morgan fingerprint density at radius 3 is 2.50 bits per heavy atom. The van der Waals surface area contributed by atoms with Crippen LogP contribution in [0.2, 0.25) is 0 Å². The number of aromatic nitrogens is 2. The van der Waals surface area contributed by atoms with Crippen molar-refractivity contribution in [1.82, 2.24) is 9.78 Å². The highest BCUT2D eigenvalue weighted by Gasteiger charge is 2.09. The molecule has 0 fully saturated rings. The number of nitrogens with one attached hydrogen (secondary N) is 1. The summed E-state index contributed by atoms with van der Waals surface area (Å²) in [7, 11) is 3.19. The normalized spacial score (nSPS) is 11.4. The van der Waals surface area contributed by atoms with Crippen molar-refractivity contribution in [3.8, 4) is 17.2 Å². The van der Waals surface area contributed by atoms with Gasteiger partial charge in [-0.05, 0) is 43.7 Å². The molecule has 1 heterocycles. The molecule has 0 radical (unpaired) electrons. The fourth-order valence-electron chi connectivity index (χ4n) is 3.00. The van der Waals surface area contributed by atoms with Crippen molar-refractivity contribution < 1.29 is 9.47 Å². The molecule has 1 aromatic heterocycles. The highest BCUT2D eigenvalue weighted by molar-refractivity contribution is 5.92. The number of hydrogen-bond donors (Lipinski definition) is 2. The third kappa shape index (κ3) is 4.25. The Morgan fingerprint density at radius 2 is 1.82 bits per heavy atom. The number of para-hydroxylation sites is 1. The quantitative estimate of drug-likeness (QED) is 0.506. The Labute approximate surface area is 164 Å². The van der Waals surface area contributed by atoms with Gasteiger partial charge in [0.05, 0.1) is 32.1 Å². The van der Waals surface area contributed by atoms with E-state index in [4.69, 9.17) is 15.2 Å². The summed E-state index contributed by atoms with van der Waals surface area (Å²) in [5, 5.41) is 7.65. The number of aliphatic imine (C=N–C) groups is 1. The van der Waals surface area contributed by atoms with Crippen LogP contribution in [0.1, 0.15) is 17.0 Å². The third-order valence-electron chi connectivity index (χ3n) is 4.31. The van der Waals surface area contributed by atoms with Gasteiger partial charge in [-0.15, -0.1) is 0 Å². The van der Waals surface area contributed by atoms with Crippen molar-refractivity contribution in [1.29, 1.82) is 0 Å². The van der Waals surface area contributed by atoms with Gasteiger partial charge in [-0.2, -0.15) is 5.10 Å². The molecule has 0 bridgehead atoms. The molecule has 3 rings (SSSR count). The molecular weight excluding hydrogens is 354 g/mol. The van der Waals surface area contributed by atoms with E-state index in [-0.39, 0.29) is 0 Å². The molecular formula is C21H25N5O2. The van der Waals surface area contributed by atoms with Gasteiger partial charge in [-0.3, -0.25) is 0 Å². The van der Waals surface area contributed by atoms with Gasteiger partial charge < -0.3 is 20.5 Å². The number of benzene rings is 2. The number of aryl methyl sites for hydroxylation is 2. The van der Waals surface area contributed by atoms with E-state index in [0.29, 0.717) is 24.0 Å². The molecule has 0 saturated carbocycles. The maximum Gasteiger partial charge on any atom is 0.193 e. The van der Waals surface area contributed by atoms with Gasteiger partial charge in [0.1, 0.15) is 0 Å². The number of ether oxygens (including phenoxy) is 2. The second-order valence-electron chi connectivity index (χ2n) is 6.36. The van der Waals surface area contributed by atoms with Gasteiger partial charge in [0, 0.05) is 17.4 Å². The molecule has 28 heavy (non-hydrogen) atoms. The zero-order valence-electron chi connectivity index (χ0n) is 16.6. The second kappa shape index (κ2) is 8.47. The Morgan fingerprint density at radius 1 is 1.07 bits per heavy atom. The van der Waals surface area contributed by atoms with Crippen molar-refractivity contribution in [2.75, 3.05) is 19.5 Å². The molecule has 0 unspecified atom stereocenters. The first-order valence-corrected chi connectivity index (χ1v) is 8.92. The van der Waals surface area contributed by atoms with Gasteiger partial charge >= 0.3 is 0 Å². The molecule has 7 heteroatoms. The predicted octanol–water partition coefficient (Wildman–Crippen LogP) is 3.43. The van der Waals surface area contributed by atoms with Crippen LogP contribution in [0.25, 0.3) is 5.69 Å². The topological polar surface area (TPSA) is 86.7 Å². The van der Waals surface area contributed by atoms with Crippen LogP contribution in [0.3, 0.4) is 0 Å². The van der Waals surface area contributed by atoms with Crippen LogP contribution in [0.4, 0.5) is 5.69 Å². The van der Waals surface area contributed by atoms with E-state index in [9.17, 15) is 0 Å². The lowest BCUT2D eigenvalue weighted by Crippen LogP contribution is -2.22. The van der Waals surface area contributed by atoms with Crippen LogP contribution >= 0.6 is 0 Å². The third-order valence-corrected chi connectivity index (χ3v) is 4.31. The first-order chi connectivity index (χ1) is 13.5. The molecule has 3 aromatic rings. The van der Waals surface area contributed by atoms with Crippen LogP contribution in [-0.4, -0.2) is 30.0 Å². The number of guanidine groups is 1. The van der Waals surface area contributed by atoms with Gasteiger partial charge in [-0.25, -0.2) is 9.67 Å². The standard InChI is InChI=1S/C21H25N5O2/c1-14-11-15(2)26(25-14)18-8-6-5-7-16(18)13-23-21(22)24-17-9-10-19(27-3)20(12-17)28-4/h5-12H,13H2,1-4H3,(H3,22,23,24). The van der Waals surface area contributed by atoms with E-state index in [0.717, 1.165) is 28.3 Å². The molecule has 3 N–H and O–H groups in total. The molecule has 0 spiro atoms. The SMILES string of the molecule is COc1ccc(NC(N)=NCc2ccccc2-n2nc(C)cc2C)cc1OC. The summed E-state index contributed by atoms with van der Waals surface area (Å²) in [5.74, 6) is 1.59. The van der Waals surface area contributed by atoms with Crippen LogP contribution in [0.5, 0.6) is 11.5 Å². The van der Waals surface area contributed by atoms with Crippen LogP contribution in [0, 0.1) is 13.8 Å². The molecule has 146 valence electrons. The summed E-state index contributed by atoms with van der Waals surface area (Å²) in [4.78, 5) is 4.48. The molecule has 0 aliphatic carbocycles. The van der Waals surface area contributed by atoms with Crippen LogP contribution in [0.15, 0.2) is 53.5 Å².